The van der Waals surface area contributed by atoms with Crippen molar-refractivity contribution in [2.45, 2.75) is 6.04 Å². The van der Waals surface area contributed by atoms with E-state index in [0.29, 0.717) is 18.8 Å². The number of hydrogen-bond donors (Lipinski definition) is 1. The van der Waals surface area contributed by atoms with Gasteiger partial charge in [-0.05, 0) is 41.3 Å². The van der Waals surface area contributed by atoms with Crippen LogP contribution in [0.3, 0.4) is 0 Å². The molecule has 1 aromatic carbocycles. The zero-order valence-corrected chi connectivity index (χ0v) is 16.0. The van der Waals surface area contributed by atoms with E-state index in [0.717, 1.165) is 29.3 Å². The Bertz CT molecular complexity index is 908. The van der Waals surface area contributed by atoms with E-state index >= 15 is 0 Å². The molecule has 0 aliphatic carbocycles. The number of halogens is 1. The van der Waals surface area contributed by atoms with Crippen LogP contribution in [0, 0.1) is 5.82 Å². The maximum absolute atomic E-state index is 13.3. The highest BCUT2D eigenvalue weighted by atomic mass is 32.1. The minimum Gasteiger partial charge on any atom is -0.378 e. The molecule has 1 aliphatic heterocycles. The Morgan fingerprint density at radius 3 is 2.57 bits per heavy atom. The molecule has 7 heteroatoms. The summed E-state index contributed by atoms with van der Waals surface area (Å²) in [5.74, 6) is 0.319. The second kappa shape index (κ2) is 8.50. The van der Waals surface area contributed by atoms with E-state index < -0.39 is 0 Å². The number of pyridine rings is 1. The van der Waals surface area contributed by atoms with Crippen molar-refractivity contribution >= 4 is 23.1 Å². The lowest BCUT2D eigenvalue weighted by Crippen LogP contribution is -2.36. The molecule has 1 saturated heterocycles. The SMILES string of the molecule is O=C(NC(c1ccc(F)cc1)c1cccs1)c1ccc(N2CCOCC2)nc1. The van der Waals surface area contributed by atoms with Gasteiger partial charge >= 0.3 is 0 Å². The Kier molecular flexibility index (Phi) is 5.64. The third-order valence-electron chi connectivity index (χ3n) is 4.65. The molecule has 4 rings (SSSR count). The molecule has 0 radical (unpaired) electrons. The number of aromatic nitrogens is 1. The van der Waals surface area contributed by atoms with E-state index in [1.165, 1.54) is 12.1 Å². The molecule has 5 nitrogen and oxygen atoms in total. The fraction of sp³-hybridized carbons (Fsp3) is 0.238. The standard InChI is InChI=1S/C21H20FN3O2S/c22-17-6-3-15(4-7-17)20(18-2-1-13-28-18)24-21(26)16-5-8-19(23-14-16)25-9-11-27-12-10-25/h1-8,13-14,20H,9-12H2,(H,24,26). The lowest BCUT2D eigenvalue weighted by atomic mass is 10.0. The van der Waals surface area contributed by atoms with Crippen LogP contribution in [0.4, 0.5) is 10.2 Å². The molecule has 1 N–H and O–H groups in total. The summed E-state index contributed by atoms with van der Waals surface area (Å²) in [6.07, 6.45) is 1.59. The van der Waals surface area contributed by atoms with Crippen LogP contribution in [0.2, 0.25) is 0 Å². The number of nitrogens with one attached hydrogen (secondary N) is 1. The molecule has 0 bridgehead atoms. The quantitative estimate of drug-likeness (QED) is 0.714. The number of rotatable bonds is 5. The van der Waals surface area contributed by atoms with E-state index in [2.05, 4.69) is 15.2 Å². The first-order chi connectivity index (χ1) is 13.7. The normalized spacial score (nSPS) is 15.2. The van der Waals surface area contributed by atoms with Crippen LogP contribution >= 0.6 is 11.3 Å². The second-order valence-corrected chi connectivity index (χ2v) is 7.46. The summed E-state index contributed by atoms with van der Waals surface area (Å²) in [5, 5.41) is 5.00. The zero-order valence-electron chi connectivity index (χ0n) is 15.2. The maximum atomic E-state index is 13.3. The van der Waals surface area contributed by atoms with Crippen molar-refractivity contribution in [3.8, 4) is 0 Å². The molecule has 0 spiro atoms. The smallest absolute Gasteiger partial charge is 0.253 e. The van der Waals surface area contributed by atoms with E-state index in [9.17, 15) is 9.18 Å². The molecule has 3 aromatic rings. The fourth-order valence-electron chi connectivity index (χ4n) is 3.14. The number of anilines is 1. The summed E-state index contributed by atoms with van der Waals surface area (Å²) in [7, 11) is 0. The van der Waals surface area contributed by atoms with Gasteiger partial charge in [0.05, 0.1) is 24.8 Å². The molecular formula is C21H20FN3O2S. The van der Waals surface area contributed by atoms with Crippen molar-refractivity contribution in [3.05, 3.63) is 81.9 Å². The van der Waals surface area contributed by atoms with Crippen molar-refractivity contribution in [1.29, 1.82) is 0 Å². The summed E-state index contributed by atoms with van der Waals surface area (Å²) < 4.78 is 18.7. The molecule has 1 aliphatic rings. The molecule has 144 valence electrons. The third kappa shape index (κ3) is 4.21. The second-order valence-electron chi connectivity index (χ2n) is 6.48. The first kappa shape index (κ1) is 18.6. The average Bonchev–Trinajstić information content (AvgIpc) is 3.28. The highest BCUT2D eigenvalue weighted by molar-refractivity contribution is 7.10. The van der Waals surface area contributed by atoms with Crippen molar-refractivity contribution in [1.82, 2.24) is 10.3 Å². The van der Waals surface area contributed by atoms with Crippen molar-refractivity contribution in [2.24, 2.45) is 0 Å². The van der Waals surface area contributed by atoms with Crippen LogP contribution in [-0.4, -0.2) is 37.2 Å². The van der Waals surface area contributed by atoms with Crippen molar-refractivity contribution < 1.29 is 13.9 Å². The summed E-state index contributed by atoms with van der Waals surface area (Å²) in [6, 6.07) is 13.4. The molecule has 2 aromatic heterocycles. The minimum absolute atomic E-state index is 0.219. The van der Waals surface area contributed by atoms with Crippen LogP contribution in [0.15, 0.2) is 60.1 Å². The highest BCUT2D eigenvalue weighted by Crippen LogP contribution is 2.27. The Balaban J connectivity index is 1.52. The summed E-state index contributed by atoms with van der Waals surface area (Å²) in [4.78, 5) is 20.4. The molecule has 3 heterocycles. The lowest BCUT2D eigenvalue weighted by molar-refractivity contribution is 0.0943. The molecule has 28 heavy (non-hydrogen) atoms. The fourth-order valence-corrected chi connectivity index (χ4v) is 3.95. The minimum atomic E-state index is -0.341. The van der Waals surface area contributed by atoms with E-state index in [1.54, 1.807) is 35.7 Å². The van der Waals surface area contributed by atoms with Gasteiger partial charge in [0.1, 0.15) is 11.6 Å². The van der Waals surface area contributed by atoms with Crippen LogP contribution < -0.4 is 10.2 Å². The van der Waals surface area contributed by atoms with Crippen LogP contribution in [0.25, 0.3) is 0 Å². The predicted octanol–water partition coefficient (Wildman–Crippen LogP) is 3.64. The van der Waals surface area contributed by atoms with Gasteiger partial charge in [-0.1, -0.05) is 18.2 Å². The van der Waals surface area contributed by atoms with E-state index in [-0.39, 0.29) is 17.8 Å². The number of carbonyl (C=O) groups is 1. The Morgan fingerprint density at radius 1 is 1.14 bits per heavy atom. The number of benzene rings is 1. The van der Waals surface area contributed by atoms with Gasteiger partial charge in [-0.2, -0.15) is 0 Å². The van der Waals surface area contributed by atoms with E-state index in [1.807, 2.05) is 23.6 Å². The number of thiophene rings is 1. The summed E-state index contributed by atoms with van der Waals surface area (Å²) in [6.45, 7) is 2.96. The van der Waals surface area contributed by atoms with Gasteiger partial charge in [0.15, 0.2) is 0 Å². The average molecular weight is 397 g/mol. The predicted molar refractivity (Wildman–Crippen MR) is 107 cm³/mol. The third-order valence-corrected chi connectivity index (χ3v) is 5.59. The van der Waals surface area contributed by atoms with Crippen molar-refractivity contribution in [3.63, 3.8) is 0 Å². The van der Waals surface area contributed by atoms with Gasteiger partial charge < -0.3 is 15.0 Å². The number of morpholine rings is 1. The van der Waals surface area contributed by atoms with Gasteiger partial charge in [-0.25, -0.2) is 9.37 Å². The van der Waals surface area contributed by atoms with Gasteiger partial charge in [-0.15, -0.1) is 11.3 Å². The molecule has 1 unspecified atom stereocenters. The Labute approximate surface area is 166 Å². The van der Waals surface area contributed by atoms with Gasteiger partial charge in [0.25, 0.3) is 5.91 Å². The number of nitrogens with zero attached hydrogens (tertiary/aromatic N) is 2. The number of carbonyl (C=O) groups excluding carboxylic acids is 1. The van der Waals surface area contributed by atoms with Crippen LogP contribution in [-0.2, 0) is 4.74 Å². The first-order valence-electron chi connectivity index (χ1n) is 9.09. The highest BCUT2D eigenvalue weighted by Gasteiger charge is 2.20. The Morgan fingerprint density at radius 2 is 1.93 bits per heavy atom. The molecule has 1 atom stereocenters. The number of hydrogen-bond acceptors (Lipinski definition) is 5. The van der Waals surface area contributed by atoms with Gasteiger partial charge in [-0.3, -0.25) is 4.79 Å². The largest absolute Gasteiger partial charge is 0.378 e. The molecule has 1 fully saturated rings. The zero-order chi connectivity index (χ0) is 19.3. The monoisotopic (exact) mass is 397 g/mol. The van der Waals surface area contributed by atoms with Gasteiger partial charge in [0, 0.05) is 24.2 Å². The van der Waals surface area contributed by atoms with Crippen molar-refractivity contribution in [2.75, 3.05) is 31.2 Å². The topological polar surface area (TPSA) is 54.5 Å². The van der Waals surface area contributed by atoms with Gasteiger partial charge in [0.2, 0.25) is 0 Å². The maximum Gasteiger partial charge on any atom is 0.253 e. The first-order valence-corrected chi connectivity index (χ1v) is 9.97. The van der Waals surface area contributed by atoms with E-state index in [4.69, 9.17) is 4.74 Å². The summed E-state index contributed by atoms with van der Waals surface area (Å²) in [5.41, 5.74) is 1.32. The Hall–Kier alpha value is -2.77. The molecule has 0 saturated carbocycles. The van der Waals surface area contributed by atoms with Crippen LogP contribution in [0.5, 0.6) is 0 Å². The lowest BCUT2D eigenvalue weighted by Gasteiger charge is -2.27. The molecule has 1 amide bonds. The molecular weight excluding hydrogens is 377 g/mol. The van der Waals surface area contributed by atoms with Crippen LogP contribution in [0.1, 0.15) is 26.8 Å². The number of amides is 1. The number of ether oxygens (including phenoxy) is 1. The summed E-state index contributed by atoms with van der Waals surface area (Å²) >= 11 is 1.55.